The van der Waals surface area contributed by atoms with Gasteiger partial charge in [0.25, 0.3) is 0 Å². The van der Waals surface area contributed by atoms with Gasteiger partial charge in [0.05, 0.1) is 6.04 Å². The van der Waals surface area contributed by atoms with E-state index in [0.717, 1.165) is 45.3 Å². The van der Waals surface area contributed by atoms with Crippen molar-refractivity contribution in [3.63, 3.8) is 0 Å². The summed E-state index contributed by atoms with van der Waals surface area (Å²) in [6.45, 7) is 7.13. The number of nitrogens with zero attached hydrogens (tertiary/aromatic N) is 1. The van der Waals surface area contributed by atoms with E-state index in [-0.39, 0.29) is 6.04 Å². The van der Waals surface area contributed by atoms with E-state index in [0.29, 0.717) is 11.8 Å². The minimum absolute atomic E-state index is 0.0803. The Balaban J connectivity index is 1.55. The highest BCUT2D eigenvalue weighted by molar-refractivity contribution is 5.82. The average molecular weight is 312 g/mol. The molecule has 0 spiro atoms. The van der Waals surface area contributed by atoms with Crippen LogP contribution in [-0.4, -0.2) is 36.5 Å². The number of carbonyl (C=O) groups is 1. The first-order valence-electron chi connectivity index (χ1n) is 8.92. The number of aryl methyl sites for hydroxylation is 2. The fraction of sp³-hybridized carbons (Fsp3) is 0.550. The molecule has 0 radical (unpaired) electrons. The number of rotatable bonds is 3. The van der Waals surface area contributed by atoms with E-state index in [4.69, 9.17) is 0 Å². The summed E-state index contributed by atoms with van der Waals surface area (Å²) in [5, 5.41) is 3.32. The maximum Gasteiger partial charge on any atom is 0.239 e. The summed E-state index contributed by atoms with van der Waals surface area (Å²) in [6.07, 6.45) is 8.94. The minimum atomic E-state index is 0.0803. The quantitative estimate of drug-likeness (QED) is 0.929. The number of piperidine rings is 1. The fourth-order valence-corrected chi connectivity index (χ4v) is 3.75. The molecule has 0 aromatic heterocycles. The molecule has 2 fully saturated rings. The van der Waals surface area contributed by atoms with Crippen molar-refractivity contribution in [2.75, 3.05) is 19.6 Å². The first kappa shape index (κ1) is 16.3. The molecular weight excluding hydrogens is 284 g/mol. The predicted octanol–water partition coefficient (Wildman–Crippen LogP) is 3.31. The molecule has 3 nitrogen and oxygen atoms in total. The van der Waals surface area contributed by atoms with E-state index in [1.807, 2.05) is 0 Å². The van der Waals surface area contributed by atoms with Crippen LogP contribution in [0, 0.1) is 19.8 Å². The molecule has 3 heteroatoms. The summed E-state index contributed by atoms with van der Waals surface area (Å²) < 4.78 is 0. The molecule has 1 aromatic carbocycles. The van der Waals surface area contributed by atoms with Crippen molar-refractivity contribution in [1.82, 2.24) is 10.2 Å². The number of carbonyl (C=O) groups excluding carboxylic acids is 1. The van der Waals surface area contributed by atoms with E-state index >= 15 is 0 Å². The number of benzene rings is 1. The molecule has 0 saturated carbocycles. The number of hydrogen-bond donors (Lipinski definition) is 1. The molecule has 2 aliphatic heterocycles. The van der Waals surface area contributed by atoms with E-state index in [2.05, 4.69) is 54.4 Å². The van der Waals surface area contributed by atoms with Crippen LogP contribution in [0.1, 0.15) is 42.4 Å². The van der Waals surface area contributed by atoms with Crippen LogP contribution in [-0.2, 0) is 4.79 Å². The van der Waals surface area contributed by atoms with Gasteiger partial charge in [-0.2, -0.15) is 0 Å². The van der Waals surface area contributed by atoms with Crippen LogP contribution in [0.2, 0.25) is 0 Å². The average Bonchev–Trinajstić information content (AvgIpc) is 3.09. The van der Waals surface area contributed by atoms with Gasteiger partial charge in [-0.15, -0.1) is 0 Å². The molecule has 124 valence electrons. The highest BCUT2D eigenvalue weighted by Gasteiger charge is 2.29. The van der Waals surface area contributed by atoms with Crippen molar-refractivity contribution in [3.05, 3.63) is 41.0 Å². The number of amides is 1. The molecule has 0 aliphatic carbocycles. The number of hydrogen-bond acceptors (Lipinski definition) is 2. The van der Waals surface area contributed by atoms with Gasteiger partial charge in [-0.25, -0.2) is 0 Å². The molecule has 1 N–H and O–H groups in total. The Morgan fingerprint density at radius 3 is 2.48 bits per heavy atom. The smallest absolute Gasteiger partial charge is 0.239 e. The molecule has 1 aromatic rings. The normalized spacial score (nSPS) is 22.9. The second-order valence-electron chi connectivity index (χ2n) is 6.98. The van der Waals surface area contributed by atoms with Crippen LogP contribution < -0.4 is 5.32 Å². The molecule has 0 unspecified atom stereocenters. The van der Waals surface area contributed by atoms with Crippen LogP contribution in [0.5, 0.6) is 0 Å². The number of allylic oxidation sites excluding steroid dienone is 1. The lowest BCUT2D eigenvalue weighted by molar-refractivity contribution is -0.134. The lowest BCUT2D eigenvalue weighted by atomic mass is 9.93. The zero-order chi connectivity index (χ0) is 16.2. The van der Waals surface area contributed by atoms with Crippen LogP contribution in [0.3, 0.4) is 0 Å². The maximum atomic E-state index is 12.4. The van der Waals surface area contributed by atoms with Crippen molar-refractivity contribution < 1.29 is 4.79 Å². The third-order valence-corrected chi connectivity index (χ3v) is 5.29. The molecule has 3 rings (SSSR count). The zero-order valence-electron chi connectivity index (χ0n) is 14.3. The largest absolute Gasteiger partial charge is 0.341 e. The molecule has 1 atom stereocenters. The Morgan fingerprint density at radius 1 is 1.17 bits per heavy atom. The Morgan fingerprint density at radius 2 is 1.87 bits per heavy atom. The summed E-state index contributed by atoms with van der Waals surface area (Å²) in [6, 6.07) is 6.53. The van der Waals surface area contributed by atoms with Gasteiger partial charge in [-0.05, 0) is 68.7 Å². The van der Waals surface area contributed by atoms with E-state index in [9.17, 15) is 4.79 Å². The molecule has 1 amide bonds. The standard InChI is InChI=1S/C20H28N2O/c1-15-5-3-6-16(2)18(15)9-8-17-10-13-22(14-11-17)20(23)19-7-4-12-21-19/h3,5-6,8-9,17,19,21H,4,7,10-14H2,1-2H3/t19-/m1/s1. The SMILES string of the molecule is Cc1cccc(C)c1C=CC1CCN(C(=O)[C@H]2CCCN2)CC1. The van der Waals surface area contributed by atoms with Gasteiger partial charge in [0, 0.05) is 13.1 Å². The monoisotopic (exact) mass is 312 g/mol. The third-order valence-electron chi connectivity index (χ3n) is 5.29. The van der Waals surface area contributed by atoms with Crippen LogP contribution >= 0.6 is 0 Å². The van der Waals surface area contributed by atoms with Gasteiger partial charge < -0.3 is 10.2 Å². The Hall–Kier alpha value is -1.61. The van der Waals surface area contributed by atoms with Crippen molar-refractivity contribution >= 4 is 12.0 Å². The Kier molecular flexibility index (Phi) is 5.16. The van der Waals surface area contributed by atoms with Crippen LogP contribution in [0.15, 0.2) is 24.3 Å². The van der Waals surface area contributed by atoms with Gasteiger partial charge in [0.1, 0.15) is 0 Å². The first-order chi connectivity index (χ1) is 11.1. The van der Waals surface area contributed by atoms with Crippen molar-refractivity contribution in [2.45, 2.75) is 45.6 Å². The van der Waals surface area contributed by atoms with Crippen LogP contribution in [0.4, 0.5) is 0 Å². The second kappa shape index (κ2) is 7.31. The summed E-state index contributed by atoms with van der Waals surface area (Å²) in [5.74, 6) is 0.911. The Labute approximate surface area is 139 Å². The first-order valence-corrected chi connectivity index (χ1v) is 8.92. The van der Waals surface area contributed by atoms with Gasteiger partial charge in [0.2, 0.25) is 5.91 Å². The Bertz CT molecular complexity index is 559. The lowest BCUT2D eigenvalue weighted by Gasteiger charge is -2.32. The number of nitrogens with one attached hydrogen (secondary N) is 1. The molecular formula is C20H28N2O. The van der Waals surface area contributed by atoms with E-state index in [1.165, 1.54) is 16.7 Å². The van der Waals surface area contributed by atoms with E-state index in [1.54, 1.807) is 0 Å². The van der Waals surface area contributed by atoms with Gasteiger partial charge >= 0.3 is 0 Å². The fourth-order valence-electron chi connectivity index (χ4n) is 3.75. The molecule has 0 bridgehead atoms. The third kappa shape index (κ3) is 3.84. The predicted molar refractivity (Wildman–Crippen MR) is 95.3 cm³/mol. The summed E-state index contributed by atoms with van der Waals surface area (Å²) in [4.78, 5) is 14.5. The topological polar surface area (TPSA) is 32.3 Å². The summed E-state index contributed by atoms with van der Waals surface area (Å²) >= 11 is 0. The minimum Gasteiger partial charge on any atom is -0.341 e. The summed E-state index contributed by atoms with van der Waals surface area (Å²) in [7, 11) is 0. The van der Waals surface area contributed by atoms with Crippen molar-refractivity contribution in [2.24, 2.45) is 5.92 Å². The van der Waals surface area contributed by atoms with Gasteiger partial charge in [0.15, 0.2) is 0 Å². The van der Waals surface area contributed by atoms with Crippen molar-refractivity contribution in [1.29, 1.82) is 0 Å². The van der Waals surface area contributed by atoms with Crippen LogP contribution in [0.25, 0.3) is 6.08 Å². The molecule has 2 saturated heterocycles. The molecule has 2 heterocycles. The van der Waals surface area contributed by atoms with E-state index < -0.39 is 0 Å². The highest BCUT2D eigenvalue weighted by atomic mass is 16.2. The zero-order valence-corrected chi connectivity index (χ0v) is 14.3. The van der Waals surface area contributed by atoms with Gasteiger partial charge in [-0.1, -0.05) is 30.4 Å². The highest BCUT2D eigenvalue weighted by Crippen LogP contribution is 2.23. The molecule has 2 aliphatic rings. The maximum absolute atomic E-state index is 12.4. The van der Waals surface area contributed by atoms with Crippen molar-refractivity contribution in [3.8, 4) is 0 Å². The van der Waals surface area contributed by atoms with Gasteiger partial charge in [-0.3, -0.25) is 4.79 Å². The second-order valence-corrected chi connectivity index (χ2v) is 6.98. The number of likely N-dealkylation sites (tertiary alicyclic amines) is 1. The lowest BCUT2D eigenvalue weighted by Crippen LogP contribution is -2.46. The molecule has 23 heavy (non-hydrogen) atoms. The summed E-state index contributed by atoms with van der Waals surface area (Å²) in [5.41, 5.74) is 4.02.